The van der Waals surface area contributed by atoms with Crippen molar-refractivity contribution >= 4 is 28.2 Å². The van der Waals surface area contributed by atoms with Gasteiger partial charge in [0.05, 0.1) is 30.6 Å². The van der Waals surface area contributed by atoms with E-state index in [1.807, 2.05) is 0 Å². The molecule has 0 aliphatic carbocycles. The Morgan fingerprint density at radius 1 is 1.29 bits per heavy atom. The first-order valence-electron chi connectivity index (χ1n) is 9.11. The van der Waals surface area contributed by atoms with Crippen LogP contribution in [0.25, 0.3) is 0 Å². The molecule has 1 aromatic carbocycles. The van der Waals surface area contributed by atoms with Gasteiger partial charge in [-0.25, -0.2) is 0 Å². The first kappa shape index (κ1) is 19.1. The molecule has 152 valence electrons. The molecule has 10 nitrogen and oxygen atoms in total. The van der Waals surface area contributed by atoms with Gasteiger partial charge < -0.3 is 19.6 Å². The molecule has 1 aromatic rings. The minimum Gasteiger partial charge on any atom is -0.482 e. The third-order valence-corrected chi connectivity index (χ3v) is 7.44. The second kappa shape index (κ2) is 7.31. The zero-order chi connectivity index (χ0) is 19.9. The van der Waals surface area contributed by atoms with Crippen LogP contribution in [0.2, 0.25) is 0 Å². The number of nitrogens with zero attached hydrogens (tertiary/aromatic N) is 5. The zero-order valence-electron chi connectivity index (χ0n) is 15.3. The van der Waals surface area contributed by atoms with Crippen LogP contribution in [0.4, 0.5) is 11.4 Å². The highest BCUT2D eigenvalue weighted by atomic mass is 32.3. The molecule has 28 heavy (non-hydrogen) atoms. The van der Waals surface area contributed by atoms with Crippen molar-refractivity contribution in [1.29, 1.82) is 5.26 Å². The summed E-state index contributed by atoms with van der Waals surface area (Å²) >= 11 is 0. The molecule has 3 N–H and O–H groups in total. The van der Waals surface area contributed by atoms with Gasteiger partial charge in [0.1, 0.15) is 5.75 Å². The third-order valence-electron chi connectivity index (χ3n) is 5.34. The maximum absolute atomic E-state index is 12.1. The molecule has 1 amide bonds. The first-order chi connectivity index (χ1) is 13.5. The second-order valence-electron chi connectivity index (χ2n) is 6.93. The lowest BCUT2D eigenvalue weighted by atomic mass is 10.2. The van der Waals surface area contributed by atoms with Gasteiger partial charge in [0, 0.05) is 26.2 Å². The second-order valence-corrected chi connectivity index (χ2v) is 8.82. The van der Waals surface area contributed by atoms with E-state index in [4.69, 9.17) is 10.00 Å². The predicted molar refractivity (Wildman–Crippen MR) is 104 cm³/mol. The maximum Gasteiger partial charge on any atom is 0.265 e. The molecule has 0 unspecified atom stereocenters. The summed E-state index contributed by atoms with van der Waals surface area (Å²) in [6.45, 7) is 1.86. The minimum atomic E-state index is -3.23. The number of aliphatic hydroxyl groups is 1. The van der Waals surface area contributed by atoms with Crippen LogP contribution in [-0.2, 0) is 4.79 Å². The molecule has 4 rings (SSSR count). The van der Waals surface area contributed by atoms with Crippen molar-refractivity contribution < 1.29 is 23.7 Å². The van der Waals surface area contributed by atoms with E-state index >= 15 is 0 Å². The molecule has 3 aliphatic rings. The van der Waals surface area contributed by atoms with E-state index in [0.29, 0.717) is 49.7 Å². The average Bonchev–Trinajstić information content (AvgIpc) is 3.27. The summed E-state index contributed by atoms with van der Waals surface area (Å²) in [5.41, 5.74) is 1.07. The van der Waals surface area contributed by atoms with E-state index in [1.54, 1.807) is 31.7 Å². The largest absolute Gasteiger partial charge is 0.482 e. The molecule has 3 aliphatic heterocycles. The molecule has 2 fully saturated rings. The Morgan fingerprint density at radius 3 is 2.82 bits per heavy atom. The molecule has 3 heterocycles. The summed E-state index contributed by atoms with van der Waals surface area (Å²) in [6, 6.07) is 5.03. The quantitative estimate of drug-likeness (QED) is 0.615. The molecular weight excluding hydrogens is 386 g/mol. The number of anilines is 2. The number of likely N-dealkylation sites (tertiary alicyclic amines) is 1. The Kier molecular flexibility index (Phi) is 4.98. The first-order valence-corrected chi connectivity index (χ1v) is 10.6. The van der Waals surface area contributed by atoms with Crippen LogP contribution in [0, 0.1) is 11.5 Å². The smallest absolute Gasteiger partial charge is 0.265 e. The Morgan fingerprint density at radius 2 is 2.11 bits per heavy atom. The van der Waals surface area contributed by atoms with Gasteiger partial charge in [0.2, 0.25) is 0 Å². The standard InChI is InChI=1S/C17H23N5O5S/c18-12-19-4-3-14(10-19)22-6-5-21(28(22,25)26)13-1-2-16-15(9-13)20(7-8-23)17(24)11-27-16/h1-2,9,14,23,25-26H,3-8,10-11H2/t14-/m1/s1. The van der Waals surface area contributed by atoms with Crippen LogP contribution in [0.1, 0.15) is 6.42 Å². The van der Waals surface area contributed by atoms with Crippen molar-refractivity contribution in [3.05, 3.63) is 18.2 Å². The van der Waals surface area contributed by atoms with Gasteiger partial charge in [-0.3, -0.25) is 18.2 Å². The third kappa shape index (κ3) is 3.13. The fraction of sp³-hybridized carbons (Fsp3) is 0.529. The van der Waals surface area contributed by atoms with Crippen molar-refractivity contribution in [3.8, 4) is 11.9 Å². The number of β-amino-alcohol motifs (C(OH)–C–C–N with tert-alkyl or cyclic N) is 1. The van der Waals surface area contributed by atoms with Crippen LogP contribution < -0.4 is 13.9 Å². The average molecular weight is 409 g/mol. The Bertz CT molecular complexity index is 816. The van der Waals surface area contributed by atoms with Crippen LogP contribution >= 0.6 is 11.0 Å². The number of hydrogen-bond acceptors (Lipinski definition) is 9. The molecule has 1 atom stereocenters. The van der Waals surface area contributed by atoms with Gasteiger partial charge >= 0.3 is 0 Å². The van der Waals surface area contributed by atoms with Gasteiger partial charge in [-0.2, -0.15) is 9.57 Å². The molecule has 0 radical (unpaired) electrons. The van der Waals surface area contributed by atoms with Crippen LogP contribution in [0.5, 0.6) is 5.75 Å². The number of hydrogen-bond donors (Lipinski definition) is 3. The van der Waals surface area contributed by atoms with Crippen LogP contribution in [0.3, 0.4) is 0 Å². The van der Waals surface area contributed by atoms with Gasteiger partial charge in [0.15, 0.2) is 12.8 Å². The van der Waals surface area contributed by atoms with Crippen molar-refractivity contribution in [2.75, 3.05) is 55.1 Å². The van der Waals surface area contributed by atoms with E-state index in [-0.39, 0.29) is 31.7 Å². The molecule has 0 spiro atoms. The zero-order valence-corrected chi connectivity index (χ0v) is 16.1. The summed E-state index contributed by atoms with van der Waals surface area (Å²) in [5, 5.41) is 18.3. The number of aliphatic hydroxyl groups excluding tert-OH is 1. The van der Waals surface area contributed by atoms with Crippen molar-refractivity contribution in [3.63, 3.8) is 0 Å². The number of carbonyl (C=O) groups is 1. The Balaban J connectivity index is 1.60. The molecule has 0 aromatic heterocycles. The number of carbonyl (C=O) groups excluding carboxylic acids is 1. The number of ether oxygens (including phenoxy) is 1. The maximum atomic E-state index is 12.1. The molecule has 11 heteroatoms. The summed E-state index contributed by atoms with van der Waals surface area (Å²) in [4.78, 5) is 15.2. The highest BCUT2D eigenvalue weighted by Gasteiger charge is 2.43. The summed E-state index contributed by atoms with van der Waals surface area (Å²) < 4.78 is 30.6. The summed E-state index contributed by atoms with van der Waals surface area (Å²) in [6.07, 6.45) is 2.81. The highest BCUT2D eigenvalue weighted by molar-refractivity contribution is 8.23. The highest BCUT2D eigenvalue weighted by Crippen LogP contribution is 2.55. The van der Waals surface area contributed by atoms with Crippen molar-refractivity contribution in [2.45, 2.75) is 12.5 Å². The fourth-order valence-electron chi connectivity index (χ4n) is 3.97. The topological polar surface area (TPSA) is 124 Å². The van der Waals surface area contributed by atoms with Crippen LogP contribution in [-0.4, -0.2) is 81.3 Å². The number of amides is 1. The predicted octanol–water partition coefficient (Wildman–Crippen LogP) is 0.662. The van der Waals surface area contributed by atoms with E-state index < -0.39 is 11.0 Å². The Hall–Kier alpha value is -2.23. The minimum absolute atomic E-state index is 0.0872. The number of nitriles is 1. The van der Waals surface area contributed by atoms with Gasteiger partial charge in [-0.1, -0.05) is 11.0 Å². The lowest BCUT2D eigenvalue weighted by Gasteiger charge is -2.45. The van der Waals surface area contributed by atoms with Crippen molar-refractivity contribution in [2.24, 2.45) is 0 Å². The van der Waals surface area contributed by atoms with Crippen LogP contribution in [0.15, 0.2) is 18.2 Å². The summed E-state index contributed by atoms with van der Waals surface area (Å²) in [7, 11) is -3.23. The lowest BCUT2D eigenvalue weighted by Crippen LogP contribution is -2.40. The normalized spacial score (nSPS) is 25.4. The van der Waals surface area contributed by atoms with Crippen molar-refractivity contribution in [1.82, 2.24) is 9.21 Å². The fourth-order valence-corrected chi connectivity index (χ4v) is 5.85. The summed E-state index contributed by atoms with van der Waals surface area (Å²) in [5.74, 6) is 0.265. The van der Waals surface area contributed by atoms with E-state index in [2.05, 4.69) is 6.19 Å². The number of rotatable bonds is 4. The molecule has 0 bridgehead atoms. The van der Waals surface area contributed by atoms with Gasteiger partial charge in [-0.05, 0) is 24.6 Å². The van der Waals surface area contributed by atoms with E-state index in [9.17, 15) is 19.0 Å². The lowest BCUT2D eigenvalue weighted by molar-refractivity contribution is -0.121. The SMILES string of the molecule is N#CN1CC[C@@H](N2CCN(c3ccc4c(c3)N(CCO)C(=O)CO4)S2(O)O)C1. The number of benzene rings is 1. The van der Waals surface area contributed by atoms with Gasteiger partial charge in [-0.15, -0.1) is 0 Å². The molecular formula is C17H23N5O5S. The number of fused-ring (bicyclic) bond motifs is 1. The van der Waals surface area contributed by atoms with Gasteiger partial charge in [0.25, 0.3) is 5.91 Å². The van der Waals surface area contributed by atoms with E-state index in [1.165, 1.54) is 4.90 Å². The monoisotopic (exact) mass is 409 g/mol. The molecule has 2 saturated heterocycles. The van der Waals surface area contributed by atoms with E-state index in [0.717, 1.165) is 0 Å². The molecule has 0 saturated carbocycles. The Labute approximate surface area is 164 Å².